The van der Waals surface area contributed by atoms with Crippen molar-refractivity contribution >= 4 is 23.5 Å². The number of halogens is 2. The number of carboxylic acid groups (broad SMARTS) is 1. The smallest absolute Gasteiger partial charge is 0.303 e. The molecule has 2 rings (SSSR count). The van der Waals surface area contributed by atoms with Crippen molar-refractivity contribution in [2.45, 2.75) is 20.3 Å². The molecule has 1 atom stereocenters. The summed E-state index contributed by atoms with van der Waals surface area (Å²) < 4.78 is 19.1. The van der Waals surface area contributed by atoms with Crippen LogP contribution in [0.4, 0.5) is 4.39 Å². The van der Waals surface area contributed by atoms with Gasteiger partial charge in [0.1, 0.15) is 22.8 Å². The quantitative estimate of drug-likeness (QED) is 0.830. The van der Waals surface area contributed by atoms with Gasteiger partial charge in [-0.1, -0.05) is 29.7 Å². The van der Waals surface area contributed by atoms with Gasteiger partial charge in [0, 0.05) is 13.0 Å². The van der Waals surface area contributed by atoms with Gasteiger partial charge in [-0.15, -0.1) is 0 Å². The number of aromatic nitrogens is 1. The van der Waals surface area contributed by atoms with Crippen LogP contribution in [0.1, 0.15) is 29.5 Å². The van der Waals surface area contributed by atoms with Crippen molar-refractivity contribution < 1.29 is 23.6 Å². The lowest BCUT2D eigenvalue weighted by atomic mass is 10.0. The highest BCUT2D eigenvalue weighted by Crippen LogP contribution is 2.33. The van der Waals surface area contributed by atoms with Gasteiger partial charge in [-0.3, -0.25) is 9.59 Å². The normalized spacial score (nSPS) is 12.0. The van der Waals surface area contributed by atoms with Gasteiger partial charge in [-0.05, 0) is 25.0 Å². The third-order valence-electron chi connectivity index (χ3n) is 3.42. The zero-order valence-electron chi connectivity index (χ0n) is 13.1. The van der Waals surface area contributed by atoms with E-state index in [9.17, 15) is 14.0 Å². The van der Waals surface area contributed by atoms with E-state index in [1.165, 1.54) is 25.1 Å². The molecule has 0 aliphatic carbocycles. The topological polar surface area (TPSA) is 92.4 Å². The summed E-state index contributed by atoms with van der Waals surface area (Å²) >= 11 is 6.02. The van der Waals surface area contributed by atoms with Gasteiger partial charge >= 0.3 is 5.97 Å². The number of benzene rings is 1. The monoisotopic (exact) mass is 354 g/mol. The summed E-state index contributed by atoms with van der Waals surface area (Å²) in [5.74, 6) is -2.14. The number of carbonyl (C=O) groups is 2. The Hall–Kier alpha value is -2.41. The Kier molecular flexibility index (Phi) is 5.56. The first-order valence-corrected chi connectivity index (χ1v) is 7.59. The van der Waals surface area contributed by atoms with Crippen LogP contribution in [-0.2, 0) is 4.79 Å². The Morgan fingerprint density at radius 2 is 2.17 bits per heavy atom. The highest BCUT2D eigenvalue weighted by molar-refractivity contribution is 6.33. The number of amides is 1. The van der Waals surface area contributed by atoms with E-state index < -0.39 is 17.7 Å². The number of nitrogens with zero attached hydrogens (tertiary/aromatic N) is 1. The first-order valence-electron chi connectivity index (χ1n) is 7.22. The maximum absolute atomic E-state index is 14.1. The van der Waals surface area contributed by atoms with E-state index in [-0.39, 0.29) is 46.5 Å². The van der Waals surface area contributed by atoms with E-state index in [1.807, 2.05) is 0 Å². The zero-order chi connectivity index (χ0) is 17.9. The van der Waals surface area contributed by atoms with Crippen LogP contribution in [0.2, 0.25) is 5.02 Å². The molecule has 0 spiro atoms. The van der Waals surface area contributed by atoms with Crippen LogP contribution < -0.4 is 5.32 Å². The molecule has 0 saturated carbocycles. The summed E-state index contributed by atoms with van der Waals surface area (Å²) in [7, 11) is 0. The van der Waals surface area contributed by atoms with Gasteiger partial charge < -0.3 is 14.9 Å². The lowest BCUT2D eigenvalue weighted by molar-refractivity contribution is -0.137. The summed E-state index contributed by atoms with van der Waals surface area (Å²) in [6.07, 6.45) is -0.0745. The number of carbonyl (C=O) groups excluding carboxylic acids is 1. The van der Waals surface area contributed by atoms with Crippen molar-refractivity contribution in [2.24, 2.45) is 5.92 Å². The van der Waals surface area contributed by atoms with Gasteiger partial charge in [-0.2, -0.15) is 0 Å². The van der Waals surface area contributed by atoms with E-state index in [1.54, 1.807) is 6.92 Å². The van der Waals surface area contributed by atoms with E-state index in [4.69, 9.17) is 21.2 Å². The molecular formula is C16H16ClFN2O4. The molecule has 0 radical (unpaired) electrons. The van der Waals surface area contributed by atoms with E-state index in [0.29, 0.717) is 0 Å². The highest BCUT2D eigenvalue weighted by Gasteiger charge is 2.25. The number of carboxylic acids is 1. The average molecular weight is 355 g/mol. The molecule has 2 N–H and O–H groups in total. The predicted octanol–water partition coefficient (Wildman–Crippen LogP) is 3.28. The second-order valence-electron chi connectivity index (χ2n) is 5.47. The fourth-order valence-corrected chi connectivity index (χ4v) is 2.51. The lowest BCUT2D eigenvalue weighted by Gasteiger charge is -2.11. The SMILES string of the molecule is Cc1onc(-c2c(F)cccc2Cl)c1C(=O)NCC(C)CC(=O)O. The number of aliphatic carboxylic acids is 1. The molecule has 128 valence electrons. The van der Waals surface area contributed by atoms with Crippen molar-refractivity contribution in [1.82, 2.24) is 10.5 Å². The average Bonchev–Trinajstić information content (AvgIpc) is 2.85. The molecule has 1 aromatic carbocycles. The van der Waals surface area contributed by atoms with Gasteiger partial charge in [0.05, 0.1) is 10.6 Å². The number of rotatable bonds is 6. The molecule has 6 nitrogen and oxygen atoms in total. The molecule has 2 aromatic rings. The molecule has 1 heterocycles. The summed E-state index contributed by atoms with van der Waals surface area (Å²) in [5, 5.41) is 15.2. The van der Waals surface area contributed by atoms with Crippen LogP contribution in [-0.4, -0.2) is 28.7 Å². The minimum absolute atomic E-state index is 0.0130. The summed E-state index contributed by atoms with van der Waals surface area (Å²) in [5.41, 5.74) is 0.0725. The first-order chi connectivity index (χ1) is 11.3. The van der Waals surface area contributed by atoms with Crippen LogP contribution in [0.25, 0.3) is 11.3 Å². The second kappa shape index (κ2) is 7.44. The second-order valence-corrected chi connectivity index (χ2v) is 5.88. The summed E-state index contributed by atoms with van der Waals surface area (Å²) in [6.45, 7) is 3.38. The molecule has 1 aromatic heterocycles. The summed E-state index contributed by atoms with van der Waals surface area (Å²) in [4.78, 5) is 23.1. The standard InChI is InChI=1S/C16H16ClFN2O4/c1-8(6-12(21)22)7-19-16(23)13-9(2)24-20-15(13)14-10(17)4-3-5-11(14)18/h3-5,8H,6-7H2,1-2H3,(H,19,23)(H,21,22). The Morgan fingerprint density at radius 1 is 1.46 bits per heavy atom. The Labute approximate surface area is 142 Å². The van der Waals surface area contributed by atoms with E-state index in [2.05, 4.69) is 10.5 Å². The molecule has 0 bridgehead atoms. The first kappa shape index (κ1) is 17.9. The van der Waals surface area contributed by atoms with Gasteiger partial charge in [-0.25, -0.2) is 4.39 Å². The molecule has 1 amide bonds. The number of hydrogen-bond acceptors (Lipinski definition) is 4. The van der Waals surface area contributed by atoms with Crippen molar-refractivity contribution in [1.29, 1.82) is 0 Å². The van der Waals surface area contributed by atoms with Gasteiger partial charge in [0.25, 0.3) is 5.91 Å². The fraction of sp³-hybridized carbons (Fsp3) is 0.312. The van der Waals surface area contributed by atoms with Crippen molar-refractivity contribution in [3.8, 4) is 11.3 Å². The molecule has 0 saturated heterocycles. The molecule has 24 heavy (non-hydrogen) atoms. The molecule has 0 aliphatic heterocycles. The third-order valence-corrected chi connectivity index (χ3v) is 3.74. The minimum atomic E-state index is -0.947. The zero-order valence-corrected chi connectivity index (χ0v) is 13.9. The van der Waals surface area contributed by atoms with Gasteiger partial charge in [0.2, 0.25) is 0 Å². The summed E-state index contributed by atoms with van der Waals surface area (Å²) in [6, 6.07) is 4.14. The maximum Gasteiger partial charge on any atom is 0.303 e. The third kappa shape index (κ3) is 3.91. The molecule has 0 fully saturated rings. The fourth-order valence-electron chi connectivity index (χ4n) is 2.26. The minimum Gasteiger partial charge on any atom is -0.481 e. The van der Waals surface area contributed by atoms with Crippen LogP contribution in [0.15, 0.2) is 22.7 Å². The van der Waals surface area contributed by atoms with Crippen LogP contribution in [0, 0.1) is 18.7 Å². The van der Waals surface area contributed by atoms with Crippen molar-refractivity contribution in [2.75, 3.05) is 6.54 Å². The van der Waals surface area contributed by atoms with Crippen LogP contribution in [0.3, 0.4) is 0 Å². The molecule has 0 aliphatic rings. The van der Waals surface area contributed by atoms with Crippen LogP contribution in [0.5, 0.6) is 0 Å². The number of aryl methyl sites for hydroxylation is 1. The predicted molar refractivity (Wildman–Crippen MR) is 85.4 cm³/mol. The highest BCUT2D eigenvalue weighted by atomic mass is 35.5. The van der Waals surface area contributed by atoms with E-state index in [0.717, 1.165) is 0 Å². The van der Waals surface area contributed by atoms with E-state index >= 15 is 0 Å². The largest absolute Gasteiger partial charge is 0.481 e. The Bertz CT molecular complexity index is 755. The van der Waals surface area contributed by atoms with Crippen LogP contribution >= 0.6 is 11.6 Å². The Morgan fingerprint density at radius 3 is 2.79 bits per heavy atom. The van der Waals surface area contributed by atoms with Crippen molar-refractivity contribution in [3.63, 3.8) is 0 Å². The van der Waals surface area contributed by atoms with Gasteiger partial charge in [0.15, 0.2) is 0 Å². The maximum atomic E-state index is 14.1. The molecule has 1 unspecified atom stereocenters. The number of nitrogens with one attached hydrogen (secondary N) is 1. The van der Waals surface area contributed by atoms with Crippen molar-refractivity contribution in [3.05, 3.63) is 40.4 Å². The molecule has 8 heteroatoms. The molecular weight excluding hydrogens is 339 g/mol. The number of hydrogen-bond donors (Lipinski definition) is 2. The Balaban J connectivity index is 2.27. The lowest BCUT2D eigenvalue weighted by Crippen LogP contribution is -2.29.